The summed E-state index contributed by atoms with van der Waals surface area (Å²) < 4.78 is 5.57. The lowest BCUT2D eigenvalue weighted by Gasteiger charge is -2.20. The summed E-state index contributed by atoms with van der Waals surface area (Å²) >= 11 is 3.37. The predicted octanol–water partition coefficient (Wildman–Crippen LogP) is 4.43. The van der Waals surface area contributed by atoms with Crippen molar-refractivity contribution in [3.63, 3.8) is 0 Å². The van der Waals surface area contributed by atoms with Gasteiger partial charge in [-0.15, -0.1) is 0 Å². The second kappa shape index (κ2) is 7.77. The number of halogens is 1. The number of Topliss-reactive ketones (excluding diaryl/α,β-unsaturated/α-hetero) is 1. The van der Waals surface area contributed by atoms with E-state index in [1.54, 1.807) is 18.2 Å². The summed E-state index contributed by atoms with van der Waals surface area (Å²) in [4.78, 5) is 24.1. The highest BCUT2D eigenvalue weighted by atomic mass is 79.9. The third-order valence-electron chi connectivity index (χ3n) is 3.14. The number of anilines is 1. The van der Waals surface area contributed by atoms with Gasteiger partial charge < -0.3 is 10.1 Å². The Bertz CT molecular complexity index is 549. The van der Waals surface area contributed by atoms with Crippen LogP contribution in [0.25, 0.3) is 0 Å². The van der Waals surface area contributed by atoms with Crippen LogP contribution in [-0.2, 0) is 4.79 Å². The Balaban J connectivity index is 3.10. The molecule has 5 heteroatoms. The van der Waals surface area contributed by atoms with Gasteiger partial charge >= 0.3 is 0 Å². The molecule has 1 rings (SSSR count). The molecule has 0 aliphatic rings. The molecule has 4 nitrogen and oxygen atoms in total. The zero-order chi connectivity index (χ0) is 16.9. The van der Waals surface area contributed by atoms with Crippen LogP contribution in [0.1, 0.15) is 51.4 Å². The zero-order valence-corrected chi connectivity index (χ0v) is 15.4. The van der Waals surface area contributed by atoms with E-state index in [9.17, 15) is 9.59 Å². The molecule has 1 N–H and O–H groups in total. The molecule has 1 amide bonds. The number of rotatable bonds is 6. The molecule has 22 heavy (non-hydrogen) atoms. The first-order chi connectivity index (χ1) is 10.2. The maximum Gasteiger partial charge on any atom is 0.229 e. The first kappa shape index (κ1) is 18.7. The number of nitrogens with one attached hydrogen (secondary N) is 1. The van der Waals surface area contributed by atoms with Gasteiger partial charge in [-0.1, -0.05) is 43.6 Å². The van der Waals surface area contributed by atoms with E-state index >= 15 is 0 Å². The van der Waals surface area contributed by atoms with Crippen molar-refractivity contribution in [1.29, 1.82) is 0 Å². The second-order valence-electron chi connectivity index (χ2n) is 6.09. The molecule has 0 heterocycles. The van der Waals surface area contributed by atoms with Crippen molar-refractivity contribution in [1.82, 2.24) is 0 Å². The average molecular weight is 370 g/mol. The number of hydrogen-bond acceptors (Lipinski definition) is 3. The molecule has 0 fully saturated rings. The second-order valence-corrected chi connectivity index (χ2v) is 7.19. The van der Waals surface area contributed by atoms with Crippen molar-refractivity contribution in [2.75, 3.05) is 11.9 Å². The van der Waals surface area contributed by atoms with Gasteiger partial charge in [0.25, 0.3) is 0 Å². The molecular weight excluding hydrogens is 346 g/mol. The van der Waals surface area contributed by atoms with Gasteiger partial charge in [0.1, 0.15) is 5.75 Å². The van der Waals surface area contributed by atoms with Gasteiger partial charge in [0.05, 0.1) is 17.1 Å². The topological polar surface area (TPSA) is 55.4 Å². The maximum atomic E-state index is 12.2. The number of alkyl halides is 1. The van der Waals surface area contributed by atoms with Crippen molar-refractivity contribution in [3.05, 3.63) is 23.8 Å². The van der Waals surface area contributed by atoms with Crippen LogP contribution in [0.5, 0.6) is 5.75 Å². The lowest BCUT2D eigenvalue weighted by Crippen LogP contribution is -2.28. The lowest BCUT2D eigenvalue weighted by molar-refractivity contribution is -0.123. The van der Waals surface area contributed by atoms with Crippen molar-refractivity contribution in [3.8, 4) is 5.75 Å². The monoisotopic (exact) mass is 369 g/mol. The Morgan fingerprint density at radius 2 is 1.91 bits per heavy atom. The Hall–Kier alpha value is -1.36. The van der Waals surface area contributed by atoms with Crippen LogP contribution in [0.3, 0.4) is 0 Å². The van der Waals surface area contributed by atoms with Crippen LogP contribution in [0.2, 0.25) is 0 Å². The van der Waals surface area contributed by atoms with Crippen LogP contribution < -0.4 is 10.1 Å². The van der Waals surface area contributed by atoms with E-state index in [1.807, 2.05) is 34.6 Å². The van der Waals surface area contributed by atoms with Gasteiger partial charge in [-0.05, 0) is 31.5 Å². The fourth-order valence-corrected chi connectivity index (χ4v) is 1.99. The summed E-state index contributed by atoms with van der Waals surface area (Å²) in [5.41, 5.74) is 0.656. The summed E-state index contributed by atoms with van der Waals surface area (Å²) in [5, 5.41) is 2.86. The molecule has 1 aromatic rings. The van der Waals surface area contributed by atoms with E-state index in [4.69, 9.17) is 4.74 Å². The molecule has 0 radical (unpaired) electrons. The van der Waals surface area contributed by atoms with Crippen molar-refractivity contribution >= 4 is 33.3 Å². The fourth-order valence-electron chi connectivity index (χ4n) is 1.73. The summed E-state index contributed by atoms with van der Waals surface area (Å²) in [5.74, 6) is 0.429. The van der Waals surface area contributed by atoms with Crippen molar-refractivity contribution in [2.45, 2.75) is 45.9 Å². The van der Waals surface area contributed by atoms with Crippen LogP contribution in [0, 0.1) is 5.41 Å². The Labute approximate surface area is 140 Å². The van der Waals surface area contributed by atoms with Crippen LogP contribution in [-0.4, -0.2) is 23.1 Å². The van der Waals surface area contributed by atoms with Gasteiger partial charge in [-0.3, -0.25) is 9.59 Å². The minimum atomic E-state index is -0.499. The summed E-state index contributed by atoms with van der Waals surface area (Å²) in [6, 6.07) is 5.12. The molecular formula is C17H24BrNO3. The van der Waals surface area contributed by atoms with E-state index in [0.29, 0.717) is 30.0 Å². The van der Waals surface area contributed by atoms with Gasteiger partial charge in [0.15, 0.2) is 5.78 Å². The van der Waals surface area contributed by atoms with Crippen molar-refractivity contribution < 1.29 is 14.3 Å². The van der Waals surface area contributed by atoms with E-state index in [2.05, 4.69) is 21.2 Å². The molecule has 0 spiro atoms. The molecule has 0 aromatic heterocycles. The number of hydrogen-bond donors (Lipinski definition) is 1. The predicted molar refractivity (Wildman–Crippen MR) is 93.0 cm³/mol. The highest BCUT2D eigenvalue weighted by molar-refractivity contribution is 9.10. The quantitative estimate of drug-likeness (QED) is 0.596. The normalized spacial score (nSPS) is 12.6. The summed E-state index contributed by atoms with van der Waals surface area (Å²) in [6.45, 7) is 9.80. The first-order valence-electron chi connectivity index (χ1n) is 7.47. The lowest BCUT2D eigenvalue weighted by atomic mass is 9.95. The average Bonchev–Trinajstić information content (AvgIpc) is 2.46. The van der Waals surface area contributed by atoms with E-state index in [0.717, 1.165) is 0 Å². The Kier molecular flexibility index (Phi) is 6.60. The summed E-state index contributed by atoms with van der Waals surface area (Å²) in [6.07, 6.45) is 0.714. The molecule has 1 unspecified atom stereocenters. The molecule has 0 saturated heterocycles. The third kappa shape index (κ3) is 4.83. The molecule has 0 aliphatic carbocycles. The SMILES string of the molecule is CCOc1cc(C(=O)C(Br)CC)ccc1NC(=O)C(C)(C)C. The number of carbonyl (C=O) groups excluding carboxylic acids is 2. The number of carbonyl (C=O) groups is 2. The Morgan fingerprint density at radius 3 is 2.41 bits per heavy atom. The van der Waals surface area contributed by atoms with Crippen LogP contribution in [0.4, 0.5) is 5.69 Å². The van der Waals surface area contributed by atoms with E-state index in [1.165, 1.54) is 0 Å². The minimum Gasteiger partial charge on any atom is -0.492 e. The summed E-state index contributed by atoms with van der Waals surface area (Å²) in [7, 11) is 0. The first-order valence-corrected chi connectivity index (χ1v) is 8.38. The smallest absolute Gasteiger partial charge is 0.229 e. The number of benzene rings is 1. The van der Waals surface area contributed by atoms with E-state index in [-0.39, 0.29) is 16.5 Å². The minimum absolute atomic E-state index is 0.0113. The highest BCUT2D eigenvalue weighted by Crippen LogP contribution is 2.29. The van der Waals surface area contributed by atoms with Gasteiger partial charge in [0, 0.05) is 11.0 Å². The molecule has 122 valence electrons. The standard InChI is InChI=1S/C17H24BrNO3/c1-6-12(18)15(20)11-8-9-13(14(10-11)22-7-2)19-16(21)17(3,4)5/h8-10,12H,6-7H2,1-5H3,(H,19,21). The number of ketones is 1. The highest BCUT2D eigenvalue weighted by Gasteiger charge is 2.23. The van der Waals surface area contributed by atoms with E-state index < -0.39 is 5.41 Å². The molecule has 0 bridgehead atoms. The van der Waals surface area contributed by atoms with Crippen LogP contribution in [0.15, 0.2) is 18.2 Å². The number of ether oxygens (including phenoxy) is 1. The number of amides is 1. The van der Waals surface area contributed by atoms with Gasteiger partial charge in [0.2, 0.25) is 5.91 Å². The fraction of sp³-hybridized carbons (Fsp3) is 0.529. The van der Waals surface area contributed by atoms with Gasteiger partial charge in [-0.2, -0.15) is 0 Å². The third-order valence-corrected chi connectivity index (χ3v) is 4.20. The van der Waals surface area contributed by atoms with Crippen LogP contribution >= 0.6 is 15.9 Å². The molecule has 0 saturated carbocycles. The zero-order valence-electron chi connectivity index (χ0n) is 13.8. The molecule has 0 aliphatic heterocycles. The van der Waals surface area contributed by atoms with Gasteiger partial charge in [-0.25, -0.2) is 0 Å². The van der Waals surface area contributed by atoms with Crippen molar-refractivity contribution in [2.24, 2.45) is 5.41 Å². The maximum absolute atomic E-state index is 12.2. The molecule has 1 atom stereocenters. The largest absolute Gasteiger partial charge is 0.492 e. The Morgan fingerprint density at radius 1 is 1.27 bits per heavy atom. The molecule has 1 aromatic carbocycles.